The molecule has 1 heterocycles. The maximum Gasteiger partial charge on any atom is 0.135 e. The van der Waals surface area contributed by atoms with Gasteiger partial charge in [0.2, 0.25) is 0 Å². The molecular weight excluding hydrogens is 544 g/mol. The highest BCUT2D eigenvalue weighted by Crippen LogP contribution is 2.49. The van der Waals surface area contributed by atoms with Gasteiger partial charge in [0.25, 0.3) is 0 Å². The van der Waals surface area contributed by atoms with Crippen LogP contribution in [0.25, 0.3) is 87.6 Å². The van der Waals surface area contributed by atoms with Crippen molar-refractivity contribution in [1.29, 1.82) is 0 Å². The molecule has 1 nitrogen and oxygen atoms in total. The predicted molar refractivity (Wildman–Crippen MR) is 189 cm³/mol. The van der Waals surface area contributed by atoms with Gasteiger partial charge in [-0.2, -0.15) is 0 Å². The minimum Gasteiger partial charge on any atom is -0.456 e. The Morgan fingerprint density at radius 3 is 1.80 bits per heavy atom. The molecule has 208 valence electrons. The molecule has 1 aliphatic rings. The van der Waals surface area contributed by atoms with Crippen LogP contribution < -0.4 is 4.74 Å². The normalized spacial score (nSPS) is 13.7. The van der Waals surface area contributed by atoms with E-state index in [0.717, 1.165) is 66.4 Å². The van der Waals surface area contributed by atoms with E-state index in [2.05, 4.69) is 84.9 Å². The van der Waals surface area contributed by atoms with Crippen molar-refractivity contribution < 1.29 is 11.6 Å². The number of hydrogen-bond acceptors (Lipinski definition) is 1. The third-order valence-corrected chi connectivity index (χ3v) is 9.27. The first-order chi connectivity index (χ1) is 24.4. The lowest BCUT2D eigenvalue weighted by Gasteiger charge is -2.23. The second-order valence-electron chi connectivity index (χ2n) is 11.7. The van der Waals surface area contributed by atoms with Crippen LogP contribution in [-0.2, 0) is 0 Å². The summed E-state index contributed by atoms with van der Waals surface area (Å²) in [5.74, 6) is 1.60. The number of fused-ring (bicyclic) bond motifs is 2. The first kappa shape index (κ1) is 20.1. The zero-order chi connectivity index (χ0) is 33.8. The van der Waals surface area contributed by atoms with Gasteiger partial charge < -0.3 is 4.74 Å². The summed E-state index contributed by atoms with van der Waals surface area (Å²) in [6.07, 6.45) is 0. The second-order valence-corrected chi connectivity index (χ2v) is 11.7. The van der Waals surface area contributed by atoms with Gasteiger partial charge in [-0.1, -0.05) is 127 Å². The molecule has 0 atom stereocenters. The second kappa shape index (κ2) is 9.29. The molecule has 45 heavy (non-hydrogen) atoms. The van der Waals surface area contributed by atoms with E-state index >= 15 is 0 Å². The molecule has 0 unspecified atom stereocenters. The molecule has 1 aliphatic heterocycles. The molecule has 0 bridgehead atoms. The van der Waals surface area contributed by atoms with Crippen molar-refractivity contribution in [1.82, 2.24) is 0 Å². The van der Waals surface area contributed by atoms with Crippen molar-refractivity contribution in [3.05, 3.63) is 158 Å². The van der Waals surface area contributed by atoms with Crippen LogP contribution in [0.3, 0.4) is 0 Å². The lowest BCUT2D eigenvalue weighted by Crippen LogP contribution is -1.97. The highest BCUT2D eigenvalue weighted by atomic mass is 16.5. The van der Waals surface area contributed by atoms with Crippen LogP contribution in [0.1, 0.15) is 6.85 Å². The molecule has 0 saturated carbocycles. The van der Waals surface area contributed by atoms with Crippen molar-refractivity contribution in [2.45, 2.75) is 0 Å². The smallest absolute Gasteiger partial charge is 0.135 e. The maximum atomic E-state index is 8.90. The van der Waals surface area contributed by atoms with Gasteiger partial charge in [0.15, 0.2) is 0 Å². The summed E-state index contributed by atoms with van der Waals surface area (Å²) in [6.45, 7) is 0. The van der Waals surface area contributed by atoms with E-state index in [1.165, 1.54) is 21.5 Å². The Hall–Kier alpha value is -5.92. The number of ether oxygens (including phenoxy) is 1. The van der Waals surface area contributed by atoms with Gasteiger partial charge in [0.05, 0.1) is 6.85 Å². The Labute approximate surface area is 267 Å². The van der Waals surface area contributed by atoms with Gasteiger partial charge in [0, 0.05) is 10.9 Å². The van der Waals surface area contributed by atoms with Gasteiger partial charge in [-0.05, 0) is 107 Å². The molecule has 0 radical (unpaired) electrons. The van der Waals surface area contributed by atoms with E-state index in [1.54, 1.807) is 0 Å². The van der Waals surface area contributed by atoms with Gasteiger partial charge in [-0.15, -0.1) is 0 Å². The molecule has 0 saturated heterocycles. The minimum absolute atomic E-state index is 0.178. The fraction of sp³-hybridized carbons (Fsp3) is 0. The van der Waals surface area contributed by atoms with Crippen LogP contribution in [0.15, 0.2) is 158 Å². The molecule has 0 aliphatic carbocycles. The van der Waals surface area contributed by atoms with E-state index in [0.29, 0.717) is 5.56 Å². The van der Waals surface area contributed by atoms with E-state index in [4.69, 9.17) is 11.6 Å². The fourth-order valence-corrected chi connectivity index (χ4v) is 7.30. The summed E-state index contributed by atoms with van der Waals surface area (Å²) in [5.41, 5.74) is 6.59. The summed E-state index contributed by atoms with van der Waals surface area (Å²) in [5, 5.41) is 9.03. The summed E-state index contributed by atoms with van der Waals surface area (Å²) in [6, 6.07) is 42.2. The lowest BCUT2D eigenvalue weighted by molar-refractivity contribution is 0.487. The molecule has 10 rings (SSSR count). The zero-order valence-corrected chi connectivity index (χ0v) is 24.0. The Morgan fingerprint density at radius 1 is 0.378 bits per heavy atom. The standard InChI is InChI=1S/C44H26O/c1-2-8-27(9-3-1)31-24-32(34-20-18-30-17-16-28-10-6-11-29-19-21-38(34)43(30)42(28)29)26-33(25-31)35-22-23-39-36-12-4-5-14-40(36)45-41-15-7-13-37(35)44(39)41/h1-26H/i1D,2D,3D,8D,9D. The molecule has 0 amide bonds. The minimum atomic E-state index is -0.407. The molecule has 9 aromatic carbocycles. The first-order valence-electron chi connectivity index (χ1n) is 17.6. The number of para-hydroxylation sites is 1. The van der Waals surface area contributed by atoms with Crippen molar-refractivity contribution in [3.63, 3.8) is 0 Å². The van der Waals surface area contributed by atoms with E-state index in [1.807, 2.05) is 42.5 Å². The monoisotopic (exact) mass is 575 g/mol. The molecule has 1 heteroatoms. The van der Waals surface area contributed by atoms with Crippen LogP contribution in [-0.4, -0.2) is 0 Å². The van der Waals surface area contributed by atoms with Crippen LogP contribution in [0.5, 0.6) is 11.5 Å². The van der Waals surface area contributed by atoms with E-state index in [9.17, 15) is 0 Å². The third kappa shape index (κ3) is 3.62. The summed E-state index contributed by atoms with van der Waals surface area (Å²) < 4.78 is 49.4. The molecule has 0 aromatic heterocycles. The van der Waals surface area contributed by atoms with Crippen LogP contribution in [0.4, 0.5) is 0 Å². The Morgan fingerprint density at radius 2 is 0.978 bits per heavy atom. The highest BCUT2D eigenvalue weighted by Gasteiger charge is 2.22. The van der Waals surface area contributed by atoms with Crippen molar-refractivity contribution >= 4 is 43.1 Å². The number of hydrogen-bond donors (Lipinski definition) is 0. The number of benzene rings is 9. The van der Waals surface area contributed by atoms with Crippen molar-refractivity contribution in [3.8, 4) is 56.0 Å². The van der Waals surface area contributed by atoms with Gasteiger partial charge in [-0.3, -0.25) is 0 Å². The molecule has 0 N–H and O–H groups in total. The van der Waals surface area contributed by atoms with Crippen LogP contribution >= 0.6 is 0 Å². The quantitative estimate of drug-likeness (QED) is 0.190. The van der Waals surface area contributed by atoms with E-state index < -0.39 is 6.04 Å². The molecule has 0 fully saturated rings. The average Bonchev–Trinajstić information content (AvgIpc) is 3.15. The topological polar surface area (TPSA) is 9.23 Å². The lowest BCUT2D eigenvalue weighted by atomic mass is 9.86. The summed E-state index contributed by atoms with van der Waals surface area (Å²) >= 11 is 0. The third-order valence-electron chi connectivity index (χ3n) is 9.27. The summed E-state index contributed by atoms with van der Waals surface area (Å²) in [7, 11) is 0. The zero-order valence-electron chi connectivity index (χ0n) is 29.0. The molecular formula is C44H26O. The SMILES string of the molecule is [2H]c1c([2H])c([2H])c(-c2cc(-c3ccc4c5c(cccc35)Oc3ccccc3-4)cc(-c3ccc4ccc5cccc6ccc3c4c56)c2)c([2H])c1[2H]. The Balaban J connectivity index is 1.29. The van der Waals surface area contributed by atoms with Crippen molar-refractivity contribution in [2.75, 3.05) is 0 Å². The van der Waals surface area contributed by atoms with Crippen molar-refractivity contribution in [2.24, 2.45) is 0 Å². The van der Waals surface area contributed by atoms with Gasteiger partial charge in [-0.25, -0.2) is 0 Å². The maximum absolute atomic E-state index is 8.90. The van der Waals surface area contributed by atoms with E-state index in [-0.39, 0.29) is 29.7 Å². The largest absolute Gasteiger partial charge is 0.456 e. The Kier molecular flexibility index (Phi) is 4.15. The number of rotatable bonds is 3. The summed E-state index contributed by atoms with van der Waals surface area (Å²) in [4.78, 5) is 0. The molecule has 0 spiro atoms. The highest BCUT2D eigenvalue weighted by molar-refractivity contribution is 6.25. The Bertz CT molecular complexity index is 2870. The predicted octanol–water partition coefficient (Wildman–Crippen LogP) is 12.5. The average molecular weight is 576 g/mol. The molecule has 9 aromatic rings. The van der Waals surface area contributed by atoms with Gasteiger partial charge >= 0.3 is 0 Å². The fourth-order valence-electron chi connectivity index (χ4n) is 7.30. The van der Waals surface area contributed by atoms with Crippen LogP contribution in [0, 0.1) is 0 Å². The first-order valence-corrected chi connectivity index (χ1v) is 15.1. The van der Waals surface area contributed by atoms with Crippen LogP contribution in [0.2, 0.25) is 0 Å². The van der Waals surface area contributed by atoms with Gasteiger partial charge in [0.1, 0.15) is 11.5 Å².